The van der Waals surface area contributed by atoms with Crippen molar-refractivity contribution in [1.29, 1.82) is 0 Å². The second-order valence-corrected chi connectivity index (χ2v) is 11.8. The fourth-order valence-corrected chi connectivity index (χ4v) is 8.18. The summed E-state index contributed by atoms with van der Waals surface area (Å²) in [6, 6.07) is 7.33. The Labute approximate surface area is 235 Å². The van der Waals surface area contributed by atoms with Crippen LogP contribution in [0.25, 0.3) is 10.4 Å². The highest BCUT2D eigenvalue weighted by atomic mass is 32.2. The van der Waals surface area contributed by atoms with Crippen LogP contribution in [-0.4, -0.2) is 73.7 Å². The van der Waals surface area contributed by atoms with Gasteiger partial charge in [-0.1, -0.05) is 48.2 Å². The van der Waals surface area contributed by atoms with Crippen LogP contribution < -0.4 is 4.57 Å². The summed E-state index contributed by atoms with van der Waals surface area (Å²) in [5.41, 5.74) is 2.27. The maximum absolute atomic E-state index is 13.2. The number of carbonyl (C=O) groups excluding carboxylic acids is 2. The van der Waals surface area contributed by atoms with Gasteiger partial charge in [-0.05, 0) is 33.1 Å². The van der Waals surface area contributed by atoms with E-state index in [0.29, 0.717) is 30.8 Å². The summed E-state index contributed by atoms with van der Waals surface area (Å²) in [4.78, 5) is 43.1. The molecule has 4 atom stereocenters. The van der Waals surface area contributed by atoms with Gasteiger partial charge in [0.25, 0.3) is 12.2 Å². The van der Waals surface area contributed by atoms with E-state index in [-0.39, 0.29) is 29.5 Å². The molecule has 1 aromatic carbocycles. The third-order valence-electron chi connectivity index (χ3n) is 7.88. The van der Waals surface area contributed by atoms with Gasteiger partial charge >= 0.3 is 5.97 Å². The molecule has 0 aliphatic carbocycles. The predicted molar refractivity (Wildman–Crippen MR) is 150 cm³/mol. The van der Waals surface area contributed by atoms with Crippen molar-refractivity contribution in [2.24, 2.45) is 11.8 Å². The standard InChI is InChI=1S/C28H32N4O5S2/c1-6-29(7-2)24(34)18-11-9-8-10-17(18)12-30-14-31-13-19(39-27(31)26(30)38-5)20-15(3)22-21(16(4)33)25(35)32(22)23(20)28(36)37/h8-11,13-16,21-22,33H,6-7,12H2,1-5H3/p+1/t15-,16+,21+,22+/m0/s1. The van der Waals surface area contributed by atoms with Crippen molar-refractivity contribution in [1.82, 2.24) is 14.2 Å². The average molecular weight is 570 g/mol. The van der Waals surface area contributed by atoms with E-state index in [0.717, 1.165) is 20.3 Å². The van der Waals surface area contributed by atoms with Gasteiger partial charge in [0.2, 0.25) is 15.8 Å². The van der Waals surface area contributed by atoms with Gasteiger partial charge in [-0.25, -0.2) is 9.36 Å². The first-order valence-corrected chi connectivity index (χ1v) is 15.1. The van der Waals surface area contributed by atoms with E-state index in [1.807, 2.05) is 73.1 Å². The van der Waals surface area contributed by atoms with E-state index in [2.05, 4.69) is 4.57 Å². The molecule has 0 radical (unpaired) electrons. The molecular weight excluding hydrogens is 536 g/mol. The van der Waals surface area contributed by atoms with Crippen LogP contribution >= 0.6 is 23.1 Å². The largest absolute Gasteiger partial charge is 0.477 e. The van der Waals surface area contributed by atoms with Gasteiger partial charge in [-0.3, -0.25) is 9.59 Å². The van der Waals surface area contributed by atoms with Crippen molar-refractivity contribution in [2.45, 2.75) is 51.4 Å². The zero-order chi connectivity index (χ0) is 28.2. The van der Waals surface area contributed by atoms with Gasteiger partial charge in [0.1, 0.15) is 18.4 Å². The summed E-state index contributed by atoms with van der Waals surface area (Å²) < 4.78 is 4.10. The molecule has 0 saturated carbocycles. The first-order valence-electron chi connectivity index (χ1n) is 13.1. The molecular formula is C28H33N4O5S2+. The first kappa shape index (κ1) is 27.4. The molecule has 1 saturated heterocycles. The molecule has 5 rings (SSSR count). The molecule has 9 nitrogen and oxygen atoms in total. The molecule has 0 unspecified atom stereocenters. The van der Waals surface area contributed by atoms with Crippen LogP contribution in [0.1, 0.15) is 48.5 Å². The quantitative estimate of drug-likeness (QED) is 0.233. The third kappa shape index (κ3) is 4.27. The highest BCUT2D eigenvalue weighted by molar-refractivity contribution is 7.98. The van der Waals surface area contributed by atoms with Gasteiger partial charge in [0.15, 0.2) is 0 Å². The number of carboxylic acids is 1. The molecule has 2 aromatic heterocycles. The molecule has 2 amide bonds. The predicted octanol–water partition coefficient (Wildman–Crippen LogP) is 3.19. The molecule has 2 N–H and O–H groups in total. The lowest BCUT2D eigenvalue weighted by Crippen LogP contribution is -2.63. The van der Waals surface area contributed by atoms with Crippen LogP contribution in [0.2, 0.25) is 0 Å². The summed E-state index contributed by atoms with van der Waals surface area (Å²) in [6.45, 7) is 9.27. The lowest BCUT2D eigenvalue weighted by Gasteiger charge is -2.46. The Balaban J connectivity index is 1.52. The number of rotatable bonds is 9. The maximum Gasteiger partial charge on any atom is 0.352 e. The topological polar surface area (TPSA) is 106 Å². The van der Waals surface area contributed by atoms with E-state index in [9.17, 15) is 24.6 Å². The van der Waals surface area contributed by atoms with Crippen molar-refractivity contribution < 1.29 is 29.2 Å². The minimum absolute atomic E-state index is 0.0151. The number of hydrogen-bond acceptors (Lipinski definition) is 6. The maximum atomic E-state index is 13.2. The Kier molecular flexibility index (Phi) is 7.34. The fraction of sp³-hybridized carbons (Fsp3) is 0.429. The number of nitrogens with zero attached hydrogens (tertiary/aromatic N) is 4. The van der Waals surface area contributed by atoms with Crippen molar-refractivity contribution >= 4 is 51.3 Å². The number of thiazole rings is 1. The Bertz CT molecular complexity index is 1500. The van der Waals surface area contributed by atoms with Crippen LogP contribution in [0.5, 0.6) is 0 Å². The van der Waals surface area contributed by atoms with Gasteiger partial charge in [0.05, 0.1) is 22.9 Å². The fourth-order valence-electron chi connectivity index (χ4n) is 6.00. The molecule has 206 valence electrons. The highest BCUT2D eigenvalue weighted by Gasteiger charge is 2.60. The van der Waals surface area contributed by atoms with Crippen LogP contribution in [0.15, 0.2) is 47.5 Å². The average Bonchev–Trinajstić information content (AvgIpc) is 3.51. The number of carbonyl (C=O) groups is 3. The molecule has 1 fully saturated rings. The molecule has 0 spiro atoms. The van der Waals surface area contributed by atoms with Gasteiger partial charge in [-0.15, -0.1) is 0 Å². The van der Waals surface area contributed by atoms with Gasteiger partial charge in [-0.2, -0.15) is 4.40 Å². The number of benzene rings is 1. The number of amides is 2. The van der Waals surface area contributed by atoms with Crippen LogP contribution in [0.4, 0.5) is 0 Å². The summed E-state index contributed by atoms with van der Waals surface area (Å²) in [5, 5.41) is 21.2. The SMILES string of the molecule is CCN(CC)C(=O)c1ccccc1C[n+]1cn2cc(C3=C(C(=O)O)N4C(=O)[C@H]([C@@H](C)O)[C@H]4[C@H]3C)sc2c1SC. The number of hydrogen-bond donors (Lipinski definition) is 2. The lowest BCUT2D eigenvalue weighted by atomic mass is 9.77. The summed E-state index contributed by atoms with van der Waals surface area (Å²) >= 11 is 3.08. The smallest absolute Gasteiger partial charge is 0.352 e. The number of aliphatic hydroxyl groups is 1. The Morgan fingerprint density at radius 1 is 1.23 bits per heavy atom. The molecule has 2 aliphatic rings. The molecule has 4 heterocycles. The molecule has 11 heteroatoms. The molecule has 0 bridgehead atoms. The van der Waals surface area contributed by atoms with E-state index >= 15 is 0 Å². The van der Waals surface area contributed by atoms with E-state index in [1.54, 1.807) is 18.7 Å². The first-order chi connectivity index (χ1) is 18.6. The number of aliphatic hydroxyl groups excluding tert-OH is 1. The van der Waals surface area contributed by atoms with E-state index in [4.69, 9.17) is 0 Å². The number of β-lactam (4-membered cyclic amide) rings is 1. The summed E-state index contributed by atoms with van der Waals surface area (Å²) in [6.07, 6.45) is 5.05. The molecule has 39 heavy (non-hydrogen) atoms. The number of aliphatic carboxylic acids is 1. The third-order valence-corrected chi connectivity index (χ3v) is 9.96. The number of aromatic nitrogens is 2. The van der Waals surface area contributed by atoms with Gasteiger partial charge < -0.3 is 20.0 Å². The Morgan fingerprint density at radius 3 is 2.54 bits per heavy atom. The van der Waals surface area contributed by atoms with Crippen molar-refractivity contribution in [3.63, 3.8) is 0 Å². The van der Waals surface area contributed by atoms with E-state index in [1.165, 1.54) is 16.2 Å². The molecule has 2 aliphatic heterocycles. The molecule has 3 aromatic rings. The second kappa shape index (κ2) is 10.4. The second-order valence-electron chi connectivity index (χ2n) is 10.0. The number of carboxylic acid groups (broad SMARTS) is 1. The van der Waals surface area contributed by atoms with Crippen molar-refractivity contribution in [3.05, 3.63) is 58.5 Å². The summed E-state index contributed by atoms with van der Waals surface area (Å²) in [5.74, 6) is -2.27. The van der Waals surface area contributed by atoms with Crippen molar-refractivity contribution in [2.75, 3.05) is 19.3 Å². The lowest BCUT2D eigenvalue weighted by molar-refractivity contribution is -0.721. The van der Waals surface area contributed by atoms with Crippen LogP contribution in [0.3, 0.4) is 0 Å². The zero-order valence-corrected chi connectivity index (χ0v) is 24.3. The van der Waals surface area contributed by atoms with Gasteiger partial charge in [0, 0.05) is 35.7 Å². The minimum atomic E-state index is -1.13. The summed E-state index contributed by atoms with van der Waals surface area (Å²) in [7, 11) is 0. The normalized spacial score (nSPS) is 21.3. The Hall–Kier alpha value is -3.15. The highest BCUT2D eigenvalue weighted by Crippen LogP contribution is 2.51. The monoisotopic (exact) mass is 569 g/mol. The number of imidazole rings is 1. The zero-order valence-electron chi connectivity index (χ0n) is 22.6. The Morgan fingerprint density at radius 2 is 1.92 bits per heavy atom. The van der Waals surface area contributed by atoms with Crippen LogP contribution in [0, 0.1) is 11.8 Å². The van der Waals surface area contributed by atoms with Crippen LogP contribution in [-0.2, 0) is 16.1 Å². The minimum Gasteiger partial charge on any atom is -0.477 e. The van der Waals surface area contributed by atoms with E-state index < -0.39 is 18.0 Å². The number of fused-ring (bicyclic) bond motifs is 2. The number of thioether (sulfide) groups is 1. The van der Waals surface area contributed by atoms with Crippen molar-refractivity contribution in [3.8, 4) is 0 Å².